The maximum absolute atomic E-state index is 11.3. The number of carboxylic acid groups (broad SMARTS) is 1. The summed E-state index contributed by atoms with van der Waals surface area (Å²) in [7, 11) is 0. The Kier molecular flexibility index (Phi) is 5.98. The molecule has 0 heterocycles. The molecule has 0 radical (unpaired) electrons. The molecule has 4 nitrogen and oxygen atoms in total. The quantitative estimate of drug-likeness (QED) is 0.653. The lowest BCUT2D eigenvalue weighted by molar-refractivity contribution is -0.138. The van der Waals surface area contributed by atoms with Gasteiger partial charge in [-0.3, -0.25) is 0 Å². The van der Waals surface area contributed by atoms with Crippen LogP contribution >= 0.6 is 0 Å². The minimum atomic E-state index is -0.829. The van der Waals surface area contributed by atoms with Crippen LogP contribution in [0.1, 0.15) is 19.3 Å². The van der Waals surface area contributed by atoms with Gasteiger partial charge >= 0.3 is 5.97 Å². The topological polar surface area (TPSA) is 75.3 Å². The van der Waals surface area contributed by atoms with E-state index < -0.39 is 12.0 Å². The fourth-order valence-electron chi connectivity index (χ4n) is 2.34. The van der Waals surface area contributed by atoms with Gasteiger partial charge in [-0.25, -0.2) is 4.79 Å². The average Bonchev–Trinajstić information content (AvgIpc) is 2.55. The number of hydrogen-bond donors (Lipinski definition) is 3. The summed E-state index contributed by atoms with van der Waals surface area (Å²) in [6.45, 7) is 0.595. The van der Waals surface area contributed by atoms with Gasteiger partial charge in [-0.05, 0) is 49.1 Å². The van der Waals surface area contributed by atoms with E-state index in [9.17, 15) is 9.90 Å². The highest BCUT2D eigenvalue weighted by atomic mass is 16.4. The summed E-state index contributed by atoms with van der Waals surface area (Å²) in [5.41, 5.74) is 8.52. The number of carboxylic acids is 1. The van der Waals surface area contributed by atoms with E-state index >= 15 is 0 Å². The van der Waals surface area contributed by atoms with Gasteiger partial charge in [0.05, 0.1) is 0 Å². The average molecular weight is 298 g/mol. The molecule has 0 saturated carbocycles. The molecule has 0 aliphatic rings. The molecular weight excluding hydrogens is 276 g/mol. The predicted octanol–water partition coefficient (Wildman–Crippen LogP) is 3.35. The second-order valence-electron chi connectivity index (χ2n) is 5.26. The zero-order chi connectivity index (χ0) is 15.8. The van der Waals surface area contributed by atoms with Crippen molar-refractivity contribution in [3.8, 4) is 11.1 Å². The molecule has 0 aliphatic heterocycles. The fourth-order valence-corrected chi connectivity index (χ4v) is 2.34. The van der Waals surface area contributed by atoms with Gasteiger partial charge in [0.1, 0.15) is 6.04 Å². The molecule has 0 amide bonds. The van der Waals surface area contributed by atoms with Crippen LogP contribution in [0.25, 0.3) is 11.1 Å². The molecule has 4 N–H and O–H groups in total. The maximum Gasteiger partial charge on any atom is 0.326 e. The third kappa shape index (κ3) is 4.60. The number of benzene rings is 2. The number of aliphatic carboxylic acids is 1. The van der Waals surface area contributed by atoms with Crippen LogP contribution in [0.5, 0.6) is 0 Å². The van der Waals surface area contributed by atoms with Crippen LogP contribution in [0, 0.1) is 0 Å². The van der Waals surface area contributed by atoms with Crippen molar-refractivity contribution in [2.24, 2.45) is 5.73 Å². The Labute approximate surface area is 131 Å². The first-order valence-corrected chi connectivity index (χ1v) is 7.55. The molecule has 2 aromatic rings. The molecule has 116 valence electrons. The molecule has 0 bridgehead atoms. The van der Waals surface area contributed by atoms with E-state index in [2.05, 4.69) is 17.4 Å². The summed E-state index contributed by atoms with van der Waals surface area (Å²) in [4.78, 5) is 11.3. The van der Waals surface area contributed by atoms with Gasteiger partial charge in [-0.1, -0.05) is 42.5 Å². The highest BCUT2D eigenvalue weighted by Gasteiger charge is 2.16. The Balaban J connectivity index is 2.01. The molecule has 0 unspecified atom stereocenters. The van der Waals surface area contributed by atoms with Crippen molar-refractivity contribution in [3.63, 3.8) is 0 Å². The zero-order valence-electron chi connectivity index (χ0n) is 12.5. The Morgan fingerprint density at radius 3 is 2.23 bits per heavy atom. The van der Waals surface area contributed by atoms with Crippen LogP contribution in [0.2, 0.25) is 0 Å². The smallest absolute Gasteiger partial charge is 0.326 e. The number of unbranched alkanes of at least 4 members (excludes halogenated alkanes) is 1. The predicted molar refractivity (Wildman–Crippen MR) is 89.8 cm³/mol. The van der Waals surface area contributed by atoms with E-state index in [0.29, 0.717) is 13.0 Å². The molecule has 0 fully saturated rings. The molecule has 0 aromatic heterocycles. The number of anilines is 1. The Bertz CT molecular complexity index is 582. The Morgan fingerprint density at radius 2 is 1.64 bits per heavy atom. The van der Waals surface area contributed by atoms with Crippen LogP contribution in [0.3, 0.4) is 0 Å². The minimum absolute atomic E-state index is 0.575. The van der Waals surface area contributed by atoms with Crippen LogP contribution in [0.15, 0.2) is 54.6 Å². The highest BCUT2D eigenvalue weighted by molar-refractivity contribution is 5.77. The molecule has 2 aromatic carbocycles. The van der Waals surface area contributed by atoms with E-state index in [1.54, 1.807) is 0 Å². The monoisotopic (exact) mass is 298 g/mol. The van der Waals surface area contributed by atoms with Crippen molar-refractivity contribution in [2.75, 3.05) is 11.9 Å². The first kappa shape index (κ1) is 16.0. The van der Waals surface area contributed by atoms with Crippen molar-refractivity contribution in [3.05, 3.63) is 54.6 Å². The largest absolute Gasteiger partial charge is 0.480 e. The van der Waals surface area contributed by atoms with Gasteiger partial charge < -0.3 is 16.2 Å². The summed E-state index contributed by atoms with van der Waals surface area (Å²) in [6.07, 6.45) is 2.23. The van der Waals surface area contributed by atoms with Crippen molar-refractivity contribution < 1.29 is 9.90 Å². The molecule has 2 rings (SSSR count). The first-order chi connectivity index (χ1) is 10.7. The van der Waals surface area contributed by atoms with Crippen molar-refractivity contribution >= 4 is 11.7 Å². The fraction of sp³-hybridized carbons (Fsp3) is 0.278. The van der Waals surface area contributed by atoms with E-state index in [0.717, 1.165) is 29.7 Å². The lowest BCUT2D eigenvalue weighted by Crippen LogP contribution is -2.29. The Morgan fingerprint density at radius 1 is 1.00 bits per heavy atom. The standard InChI is InChI=1S/C18H22N2O2/c19-13-5-4-8-17(18(21)22)20-16-11-9-15(10-12-16)14-6-2-1-3-7-14/h1-3,6-7,9-12,17,20H,4-5,8,13,19H2,(H,21,22)/t17-/m0/s1. The minimum Gasteiger partial charge on any atom is -0.480 e. The number of nitrogens with two attached hydrogens (primary N) is 1. The molecule has 0 aliphatic carbocycles. The van der Waals surface area contributed by atoms with Gasteiger partial charge in [0.2, 0.25) is 0 Å². The number of hydrogen-bond acceptors (Lipinski definition) is 3. The SMILES string of the molecule is NCCCC[C@H](Nc1ccc(-c2ccccc2)cc1)C(=O)O. The number of nitrogens with one attached hydrogen (secondary N) is 1. The van der Waals surface area contributed by atoms with Crippen LogP contribution < -0.4 is 11.1 Å². The number of rotatable bonds is 8. The van der Waals surface area contributed by atoms with Gasteiger partial charge in [0.25, 0.3) is 0 Å². The molecule has 0 spiro atoms. The van der Waals surface area contributed by atoms with E-state index in [1.807, 2.05) is 42.5 Å². The third-order valence-electron chi connectivity index (χ3n) is 3.58. The van der Waals surface area contributed by atoms with E-state index in [1.165, 1.54) is 0 Å². The highest BCUT2D eigenvalue weighted by Crippen LogP contribution is 2.21. The summed E-state index contributed by atoms with van der Waals surface area (Å²) in [5.74, 6) is -0.829. The Hall–Kier alpha value is -2.33. The molecular formula is C18H22N2O2. The van der Waals surface area contributed by atoms with Crippen molar-refractivity contribution in [1.82, 2.24) is 0 Å². The van der Waals surface area contributed by atoms with E-state index in [-0.39, 0.29) is 0 Å². The van der Waals surface area contributed by atoms with Crippen molar-refractivity contribution in [2.45, 2.75) is 25.3 Å². The summed E-state index contributed by atoms with van der Waals surface area (Å²) < 4.78 is 0. The summed E-state index contributed by atoms with van der Waals surface area (Å²) in [6, 6.07) is 17.3. The summed E-state index contributed by atoms with van der Waals surface area (Å²) >= 11 is 0. The van der Waals surface area contributed by atoms with Gasteiger partial charge in [0.15, 0.2) is 0 Å². The van der Waals surface area contributed by atoms with Crippen LogP contribution in [-0.2, 0) is 4.79 Å². The lowest BCUT2D eigenvalue weighted by Gasteiger charge is -2.16. The van der Waals surface area contributed by atoms with Gasteiger partial charge in [0, 0.05) is 5.69 Å². The summed E-state index contributed by atoms with van der Waals surface area (Å²) in [5, 5.41) is 12.3. The molecule has 1 atom stereocenters. The lowest BCUT2D eigenvalue weighted by atomic mass is 10.0. The van der Waals surface area contributed by atoms with Crippen molar-refractivity contribution in [1.29, 1.82) is 0 Å². The molecule has 22 heavy (non-hydrogen) atoms. The maximum atomic E-state index is 11.3. The van der Waals surface area contributed by atoms with E-state index in [4.69, 9.17) is 5.73 Å². The zero-order valence-corrected chi connectivity index (χ0v) is 12.5. The second kappa shape index (κ2) is 8.20. The third-order valence-corrected chi connectivity index (χ3v) is 3.58. The normalized spacial score (nSPS) is 11.9. The molecule has 4 heteroatoms. The first-order valence-electron chi connectivity index (χ1n) is 7.55. The number of carbonyl (C=O) groups is 1. The van der Waals surface area contributed by atoms with Crippen LogP contribution in [-0.4, -0.2) is 23.7 Å². The molecule has 0 saturated heterocycles. The van der Waals surface area contributed by atoms with Crippen LogP contribution in [0.4, 0.5) is 5.69 Å². The van der Waals surface area contributed by atoms with Gasteiger partial charge in [-0.2, -0.15) is 0 Å². The second-order valence-corrected chi connectivity index (χ2v) is 5.26. The van der Waals surface area contributed by atoms with Gasteiger partial charge in [-0.15, -0.1) is 0 Å².